The minimum atomic E-state index is -0.713. The molecule has 2 unspecified atom stereocenters. The number of hydrogen-bond acceptors (Lipinski definition) is 5. The van der Waals surface area contributed by atoms with Gasteiger partial charge in [0.25, 0.3) is 0 Å². The van der Waals surface area contributed by atoms with Crippen molar-refractivity contribution in [2.75, 3.05) is 19.7 Å². The highest BCUT2D eigenvalue weighted by Gasteiger charge is 2.37. The normalized spacial score (nSPS) is 19.4. The largest absolute Gasteiger partial charge is 0.365 e. The number of benzene rings is 1. The van der Waals surface area contributed by atoms with Crippen LogP contribution >= 0.6 is 0 Å². The first-order valence-corrected chi connectivity index (χ1v) is 10.6. The Morgan fingerprint density at radius 2 is 1.60 bits per heavy atom. The van der Waals surface area contributed by atoms with Gasteiger partial charge in [-0.3, -0.25) is 19.2 Å². The Labute approximate surface area is 176 Å². The smallest absolute Gasteiger partial charge is 0.239 e. The van der Waals surface area contributed by atoms with Crippen molar-refractivity contribution < 1.29 is 23.9 Å². The van der Waals surface area contributed by atoms with E-state index in [2.05, 4.69) is 16.0 Å². The molecule has 2 aliphatic rings. The summed E-state index contributed by atoms with van der Waals surface area (Å²) in [4.78, 5) is 48.8. The SMILES string of the molecule is O=C(CNC(=O)C1CCCCC1)NCC(=O)NC(Cc1ccccc1)C(=O)C1CO1. The van der Waals surface area contributed by atoms with Crippen molar-refractivity contribution in [1.82, 2.24) is 16.0 Å². The Morgan fingerprint density at radius 1 is 0.933 bits per heavy atom. The fraction of sp³-hybridized carbons (Fsp3) is 0.545. The summed E-state index contributed by atoms with van der Waals surface area (Å²) in [5.41, 5.74) is 0.922. The van der Waals surface area contributed by atoms with Gasteiger partial charge in [-0.05, 0) is 24.8 Å². The quantitative estimate of drug-likeness (QED) is 0.481. The van der Waals surface area contributed by atoms with Gasteiger partial charge < -0.3 is 20.7 Å². The molecule has 8 nitrogen and oxygen atoms in total. The minimum absolute atomic E-state index is 0.0238. The average molecular weight is 415 g/mol. The molecule has 1 heterocycles. The van der Waals surface area contributed by atoms with E-state index in [0.29, 0.717) is 13.0 Å². The summed E-state index contributed by atoms with van der Waals surface area (Å²) in [5, 5.41) is 7.81. The van der Waals surface area contributed by atoms with Crippen LogP contribution in [0.1, 0.15) is 37.7 Å². The molecule has 3 rings (SSSR count). The molecule has 30 heavy (non-hydrogen) atoms. The molecule has 2 fully saturated rings. The number of ketones is 1. The first-order valence-electron chi connectivity index (χ1n) is 10.6. The van der Waals surface area contributed by atoms with E-state index >= 15 is 0 Å². The molecule has 2 atom stereocenters. The van der Waals surface area contributed by atoms with Gasteiger partial charge in [0.05, 0.1) is 25.7 Å². The van der Waals surface area contributed by atoms with Crippen molar-refractivity contribution in [1.29, 1.82) is 0 Å². The molecule has 1 aliphatic heterocycles. The topological polar surface area (TPSA) is 117 Å². The molecule has 1 aromatic carbocycles. The fourth-order valence-electron chi connectivity index (χ4n) is 3.67. The highest BCUT2D eigenvalue weighted by atomic mass is 16.6. The fourth-order valence-corrected chi connectivity index (χ4v) is 3.67. The molecule has 0 radical (unpaired) electrons. The second-order valence-electron chi connectivity index (χ2n) is 7.86. The molecule has 0 bridgehead atoms. The second kappa shape index (κ2) is 10.9. The van der Waals surface area contributed by atoms with Crippen LogP contribution in [0, 0.1) is 5.92 Å². The molecule has 1 aromatic rings. The number of ether oxygens (including phenoxy) is 1. The van der Waals surface area contributed by atoms with Crippen LogP contribution < -0.4 is 16.0 Å². The number of carbonyl (C=O) groups is 4. The predicted molar refractivity (Wildman–Crippen MR) is 109 cm³/mol. The van der Waals surface area contributed by atoms with Crippen LogP contribution in [-0.2, 0) is 30.3 Å². The van der Waals surface area contributed by atoms with Crippen LogP contribution in [0.3, 0.4) is 0 Å². The molecular formula is C22H29N3O5. The molecule has 8 heteroatoms. The Hall–Kier alpha value is -2.74. The molecule has 1 saturated carbocycles. The first kappa shape index (κ1) is 22.0. The zero-order valence-electron chi connectivity index (χ0n) is 17.0. The molecule has 3 amide bonds. The highest BCUT2D eigenvalue weighted by molar-refractivity contribution is 5.95. The zero-order chi connectivity index (χ0) is 21.3. The van der Waals surface area contributed by atoms with E-state index in [1.54, 1.807) is 0 Å². The average Bonchev–Trinajstić information content (AvgIpc) is 3.62. The molecule has 1 saturated heterocycles. The van der Waals surface area contributed by atoms with Crippen LogP contribution in [0.15, 0.2) is 30.3 Å². The minimum Gasteiger partial charge on any atom is -0.365 e. The lowest BCUT2D eigenvalue weighted by Gasteiger charge is -2.20. The lowest BCUT2D eigenvalue weighted by atomic mass is 9.89. The van der Waals surface area contributed by atoms with Gasteiger partial charge >= 0.3 is 0 Å². The van der Waals surface area contributed by atoms with Crippen LogP contribution in [0.25, 0.3) is 0 Å². The van der Waals surface area contributed by atoms with Crippen molar-refractivity contribution in [2.24, 2.45) is 5.92 Å². The molecule has 162 valence electrons. The van der Waals surface area contributed by atoms with Crippen LogP contribution in [0.2, 0.25) is 0 Å². The molecule has 1 aliphatic carbocycles. The van der Waals surface area contributed by atoms with Gasteiger partial charge in [0.1, 0.15) is 6.10 Å². The van der Waals surface area contributed by atoms with Gasteiger partial charge in [-0.2, -0.15) is 0 Å². The van der Waals surface area contributed by atoms with Gasteiger partial charge in [0.2, 0.25) is 17.7 Å². The van der Waals surface area contributed by atoms with E-state index in [0.717, 1.165) is 37.7 Å². The van der Waals surface area contributed by atoms with E-state index in [4.69, 9.17) is 4.74 Å². The van der Waals surface area contributed by atoms with Gasteiger partial charge in [0.15, 0.2) is 5.78 Å². The molecular weight excluding hydrogens is 386 g/mol. The van der Waals surface area contributed by atoms with E-state index in [1.165, 1.54) is 0 Å². The summed E-state index contributed by atoms with van der Waals surface area (Å²) in [7, 11) is 0. The third-order valence-electron chi connectivity index (χ3n) is 5.46. The molecule has 0 spiro atoms. The highest BCUT2D eigenvalue weighted by Crippen LogP contribution is 2.23. The summed E-state index contributed by atoms with van der Waals surface area (Å²) >= 11 is 0. The van der Waals surface area contributed by atoms with Gasteiger partial charge in [-0.15, -0.1) is 0 Å². The Bertz CT molecular complexity index is 757. The van der Waals surface area contributed by atoms with Crippen LogP contribution in [0.4, 0.5) is 0 Å². The number of Topliss-reactive ketones (excluding diaryl/α,β-unsaturated/α-hetero) is 1. The van der Waals surface area contributed by atoms with Crippen LogP contribution in [0.5, 0.6) is 0 Å². The summed E-state index contributed by atoms with van der Waals surface area (Å²) in [6.45, 7) is -0.0510. The first-order chi connectivity index (χ1) is 14.5. The number of amides is 3. The van der Waals surface area contributed by atoms with Crippen molar-refractivity contribution in [3.8, 4) is 0 Å². The Kier molecular flexibility index (Phi) is 7.96. The van der Waals surface area contributed by atoms with Gasteiger partial charge in [-0.1, -0.05) is 49.6 Å². The second-order valence-corrected chi connectivity index (χ2v) is 7.86. The van der Waals surface area contributed by atoms with Crippen molar-refractivity contribution in [3.05, 3.63) is 35.9 Å². The van der Waals surface area contributed by atoms with E-state index < -0.39 is 24.0 Å². The summed E-state index contributed by atoms with van der Waals surface area (Å²) in [6.07, 6.45) is 4.84. The van der Waals surface area contributed by atoms with Crippen molar-refractivity contribution in [2.45, 2.75) is 50.7 Å². The van der Waals surface area contributed by atoms with Crippen molar-refractivity contribution in [3.63, 3.8) is 0 Å². The van der Waals surface area contributed by atoms with Gasteiger partial charge in [0, 0.05) is 5.92 Å². The number of epoxide rings is 1. The van der Waals surface area contributed by atoms with E-state index in [9.17, 15) is 19.2 Å². The monoisotopic (exact) mass is 415 g/mol. The third kappa shape index (κ3) is 6.95. The number of nitrogens with one attached hydrogen (secondary N) is 3. The maximum Gasteiger partial charge on any atom is 0.239 e. The lowest BCUT2D eigenvalue weighted by molar-refractivity contribution is -0.130. The molecule has 3 N–H and O–H groups in total. The number of carbonyl (C=O) groups excluding carboxylic acids is 4. The van der Waals surface area contributed by atoms with Gasteiger partial charge in [-0.25, -0.2) is 0 Å². The number of rotatable bonds is 10. The third-order valence-corrected chi connectivity index (χ3v) is 5.46. The standard InChI is InChI=1S/C22H29N3O5/c26-19(12-24-22(29)16-9-5-2-6-10-16)23-13-20(27)25-17(21(28)18-14-30-18)11-15-7-3-1-4-8-15/h1,3-4,7-8,16-18H,2,5-6,9-14H2,(H,23,26)(H,24,29)(H,25,27). The molecule has 0 aromatic heterocycles. The Morgan fingerprint density at radius 3 is 2.27 bits per heavy atom. The Balaban J connectivity index is 1.41. The lowest BCUT2D eigenvalue weighted by Crippen LogP contribution is -2.49. The van der Waals surface area contributed by atoms with E-state index in [1.807, 2.05) is 30.3 Å². The summed E-state index contributed by atoms with van der Waals surface area (Å²) in [6, 6.07) is 8.68. The maximum absolute atomic E-state index is 12.4. The summed E-state index contributed by atoms with van der Waals surface area (Å²) < 4.78 is 5.06. The zero-order valence-corrected chi connectivity index (χ0v) is 17.0. The van der Waals surface area contributed by atoms with E-state index in [-0.39, 0.29) is 30.7 Å². The predicted octanol–water partition coefficient (Wildman–Crippen LogP) is 0.495. The summed E-state index contributed by atoms with van der Waals surface area (Å²) in [5.74, 6) is -1.20. The van der Waals surface area contributed by atoms with Crippen LogP contribution in [-0.4, -0.2) is 55.3 Å². The maximum atomic E-state index is 12.4. The van der Waals surface area contributed by atoms with Crippen molar-refractivity contribution >= 4 is 23.5 Å². The number of hydrogen-bond donors (Lipinski definition) is 3.